The molecule has 1 atom stereocenters. The van der Waals surface area contributed by atoms with Crippen LogP contribution in [0.5, 0.6) is 0 Å². The van der Waals surface area contributed by atoms with Crippen LogP contribution < -0.4 is 4.43 Å². The Kier molecular flexibility index (Phi) is 1.79. The fraction of sp³-hybridized carbons (Fsp3) is 0.273. The molecule has 3 rings (SSSR count). The number of fused-ring (bicyclic) bond motifs is 2. The zero-order chi connectivity index (χ0) is 11.3. The minimum atomic E-state index is -0.822. The Hall–Kier alpha value is -1.88. The molecule has 82 valence electrons. The average Bonchev–Trinajstić information content (AvgIpc) is 2.69. The predicted octanol–water partition coefficient (Wildman–Crippen LogP) is 0.881. The molecule has 5 heteroatoms. The van der Waals surface area contributed by atoms with E-state index in [1.54, 1.807) is 24.3 Å². The molecule has 1 aliphatic rings. The van der Waals surface area contributed by atoms with Crippen LogP contribution in [0.1, 0.15) is 23.9 Å². The molecule has 1 aromatic heterocycles. The fourth-order valence-electron chi connectivity index (χ4n) is 2.27. The number of hydrogen-bond acceptors (Lipinski definition) is 3. The van der Waals surface area contributed by atoms with Crippen LogP contribution in [0.3, 0.4) is 0 Å². The Balaban J connectivity index is 2.54. The predicted molar refractivity (Wildman–Crippen MR) is 57.4 cm³/mol. The van der Waals surface area contributed by atoms with Crippen LogP contribution >= 0.6 is 0 Å². The third-order valence-electron chi connectivity index (χ3n) is 3.05. The molecule has 0 spiro atoms. The van der Waals surface area contributed by atoms with Gasteiger partial charge in [-0.05, 0) is 18.9 Å². The van der Waals surface area contributed by atoms with Gasteiger partial charge in [0.15, 0.2) is 0 Å². The number of hydrogen-bond donors (Lipinski definition) is 1. The Labute approximate surface area is 90.7 Å². The van der Waals surface area contributed by atoms with E-state index in [1.165, 1.54) is 0 Å². The molecule has 0 amide bonds. The highest BCUT2D eigenvalue weighted by atomic mass is 16.5. The first-order valence-electron chi connectivity index (χ1n) is 5.15. The zero-order valence-electron chi connectivity index (χ0n) is 8.46. The van der Waals surface area contributed by atoms with Crippen molar-refractivity contribution in [2.24, 2.45) is 0 Å². The molecule has 0 radical (unpaired) electrons. The van der Waals surface area contributed by atoms with Crippen LogP contribution in [0.25, 0.3) is 11.0 Å². The van der Waals surface area contributed by atoms with Crippen LogP contribution in [-0.2, 0) is 6.42 Å². The van der Waals surface area contributed by atoms with Crippen LogP contribution in [-0.4, -0.2) is 9.84 Å². The third-order valence-corrected chi connectivity index (χ3v) is 3.05. The Morgan fingerprint density at radius 3 is 3.00 bits per heavy atom. The number of aromatic nitrogens is 2. The lowest BCUT2D eigenvalue weighted by Crippen LogP contribution is -2.26. The quantitative estimate of drug-likeness (QED) is 0.667. The topological polar surface area (TPSA) is 71.2 Å². The second kappa shape index (κ2) is 3.05. The Bertz CT molecular complexity index is 633. The average molecular weight is 218 g/mol. The minimum Gasteiger partial charge on any atom is -0.805 e. The minimum absolute atomic E-state index is 0.203. The Morgan fingerprint density at radius 1 is 1.44 bits per heavy atom. The van der Waals surface area contributed by atoms with Crippen molar-refractivity contribution in [3.63, 3.8) is 0 Å². The second-order valence-corrected chi connectivity index (χ2v) is 3.96. The van der Waals surface area contributed by atoms with Gasteiger partial charge in [0.05, 0.1) is 10.1 Å². The zero-order valence-corrected chi connectivity index (χ0v) is 8.46. The summed E-state index contributed by atoms with van der Waals surface area (Å²) in [6.45, 7) is 0. The summed E-state index contributed by atoms with van der Waals surface area (Å²) in [6.07, 6.45) is 0.0701. The highest BCUT2D eigenvalue weighted by Crippen LogP contribution is 2.29. The number of aliphatic hydroxyl groups is 1. The van der Waals surface area contributed by atoms with Gasteiger partial charge in [0.1, 0.15) is 11.6 Å². The number of nitrogens with zero attached hydrogens (tertiary/aromatic N) is 2. The fourth-order valence-corrected chi connectivity index (χ4v) is 2.27. The SMILES string of the molecule is O=[n+]1c2c(n([O-])c3ccccc31)CCC2O. The van der Waals surface area contributed by atoms with E-state index in [4.69, 9.17) is 0 Å². The van der Waals surface area contributed by atoms with Crippen molar-refractivity contribution in [1.29, 1.82) is 0 Å². The summed E-state index contributed by atoms with van der Waals surface area (Å²) < 4.78 is 1.44. The molecule has 1 N–H and O–H groups in total. The lowest BCUT2D eigenvalue weighted by molar-refractivity contribution is -0.481. The molecule has 1 aromatic carbocycles. The van der Waals surface area contributed by atoms with Crippen molar-refractivity contribution in [1.82, 2.24) is 4.73 Å². The molecule has 16 heavy (non-hydrogen) atoms. The highest BCUT2D eigenvalue weighted by molar-refractivity contribution is 5.72. The highest BCUT2D eigenvalue weighted by Gasteiger charge is 2.33. The smallest absolute Gasteiger partial charge is 0.287 e. The normalized spacial score (nSPS) is 18.9. The maximum Gasteiger partial charge on any atom is 0.287 e. The monoisotopic (exact) mass is 218 g/mol. The van der Waals surface area contributed by atoms with Crippen LogP contribution in [0.4, 0.5) is 0 Å². The molecule has 0 bridgehead atoms. The molecule has 1 unspecified atom stereocenters. The van der Waals surface area contributed by atoms with E-state index in [9.17, 15) is 15.2 Å². The van der Waals surface area contributed by atoms with Gasteiger partial charge < -0.3 is 15.0 Å². The molecule has 5 nitrogen and oxygen atoms in total. The summed E-state index contributed by atoms with van der Waals surface area (Å²) in [6, 6.07) is 6.61. The lowest BCUT2D eigenvalue weighted by Gasteiger charge is -2.15. The van der Waals surface area contributed by atoms with E-state index in [1.807, 2.05) is 0 Å². The van der Waals surface area contributed by atoms with Crippen LogP contribution in [0.2, 0.25) is 0 Å². The number of aliphatic hydroxyl groups excluding tert-OH is 1. The molecule has 2 aromatic rings. The van der Waals surface area contributed by atoms with E-state index >= 15 is 0 Å². The van der Waals surface area contributed by atoms with Crippen molar-refractivity contribution in [3.8, 4) is 0 Å². The van der Waals surface area contributed by atoms with Crippen molar-refractivity contribution in [3.05, 3.63) is 45.8 Å². The summed E-state index contributed by atoms with van der Waals surface area (Å²) >= 11 is 0. The molecule has 0 aliphatic heterocycles. The third kappa shape index (κ3) is 1.03. The molecule has 1 heterocycles. The van der Waals surface area contributed by atoms with E-state index in [0.717, 1.165) is 4.73 Å². The maximum absolute atomic E-state index is 12.0. The van der Waals surface area contributed by atoms with Gasteiger partial charge in [-0.2, -0.15) is 0 Å². The summed E-state index contributed by atoms with van der Waals surface area (Å²) in [5.74, 6) is 0. The molecule has 0 saturated carbocycles. The number of para-hydroxylation sites is 2. The van der Waals surface area contributed by atoms with Crippen molar-refractivity contribution >= 4 is 11.0 Å². The van der Waals surface area contributed by atoms with Gasteiger partial charge in [-0.15, -0.1) is 0 Å². The largest absolute Gasteiger partial charge is 0.805 e. The van der Waals surface area contributed by atoms with Gasteiger partial charge >= 0.3 is 0 Å². The maximum atomic E-state index is 12.0. The summed E-state index contributed by atoms with van der Waals surface area (Å²) in [5.41, 5.74) is 1.25. The van der Waals surface area contributed by atoms with Crippen molar-refractivity contribution < 1.29 is 9.53 Å². The lowest BCUT2D eigenvalue weighted by atomic mass is 10.2. The first kappa shape index (κ1) is 9.35. The van der Waals surface area contributed by atoms with Gasteiger partial charge in [-0.25, -0.2) is 0 Å². The second-order valence-electron chi connectivity index (χ2n) is 3.96. The molecule has 0 fully saturated rings. The molecule has 0 saturated heterocycles. The summed E-state index contributed by atoms with van der Waals surface area (Å²) in [5, 5.41) is 21.6. The summed E-state index contributed by atoms with van der Waals surface area (Å²) in [4.78, 5) is 12.0. The van der Waals surface area contributed by atoms with Crippen molar-refractivity contribution in [2.45, 2.75) is 18.9 Å². The molecular formula is C11H10N2O3. The number of rotatable bonds is 0. The van der Waals surface area contributed by atoms with Gasteiger partial charge in [0.2, 0.25) is 0 Å². The van der Waals surface area contributed by atoms with Crippen LogP contribution in [0, 0.1) is 10.1 Å². The van der Waals surface area contributed by atoms with Gasteiger partial charge in [0, 0.05) is 11.0 Å². The standard InChI is InChI=1S/C11H10N2O3/c14-10-6-5-9-11(10)13(16)8-4-2-1-3-7(8)12(9)15/h1-4,10,14H,5-6H2. The Morgan fingerprint density at radius 2 is 2.19 bits per heavy atom. The van der Waals surface area contributed by atoms with E-state index in [0.29, 0.717) is 34.0 Å². The number of benzene rings is 1. The first-order chi connectivity index (χ1) is 7.70. The molecule has 1 aliphatic carbocycles. The molecular weight excluding hydrogens is 208 g/mol. The van der Waals surface area contributed by atoms with E-state index in [2.05, 4.69) is 0 Å². The van der Waals surface area contributed by atoms with Gasteiger partial charge in [0.25, 0.3) is 11.2 Å². The van der Waals surface area contributed by atoms with E-state index in [-0.39, 0.29) is 5.69 Å². The van der Waals surface area contributed by atoms with Gasteiger partial charge in [-0.1, -0.05) is 12.1 Å². The van der Waals surface area contributed by atoms with Crippen LogP contribution in [0.15, 0.2) is 24.3 Å². The van der Waals surface area contributed by atoms with Crippen molar-refractivity contribution in [2.75, 3.05) is 0 Å². The van der Waals surface area contributed by atoms with Gasteiger partial charge in [-0.3, -0.25) is 0 Å². The summed E-state index contributed by atoms with van der Waals surface area (Å²) in [7, 11) is 0. The first-order valence-corrected chi connectivity index (χ1v) is 5.15. The van der Waals surface area contributed by atoms with E-state index < -0.39 is 6.10 Å².